The fraction of sp³-hybridized carbons (Fsp3) is 0.688. The van der Waals surface area contributed by atoms with Crippen LogP contribution in [-0.4, -0.2) is 40.1 Å². The molecule has 1 unspecified atom stereocenters. The highest BCUT2D eigenvalue weighted by molar-refractivity contribution is 5.30. The average molecular weight is 278 g/mol. The number of aromatic nitrogens is 2. The number of hydrogen-bond donors (Lipinski definition) is 1. The van der Waals surface area contributed by atoms with Gasteiger partial charge in [-0.05, 0) is 46.3 Å². The van der Waals surface area contributed by atoms with Crippen molar-refractivity contribution in [1.82, 2.24) is 14.5 Å². The molecule has 1 rings (SSSR count). The summed E-state index contributed by atoms with van der Waals surface area (Å²) in [5, 5.41) is 3.51. The maximum atomic E-state index is 4.54. The number of aryl methyl sites for hydroxylation is 1. The molecule has 0 bridgehead atoms. The van der Waals surface area contributed by atoms with E-state index in [1.165, 1.54) is 13.0 Å². The molecular formula is C16H30N4. The molecule has 0 aromatic carbocycles. The first-order valence-electron chi connectivity index (χ1n) is 7.74. The Hall–Kier alpha value is -1.29. The summed E-state index contributed by atoms with van der Waals surface area (Å²) in [5.74, 6) is 0.956. The molecule has 1 heterocycles. The quantitative estimate of drug-likeness (QED) is 0.667. The van der Waals surface area contributed by atoms with Crippen molar-refractivity contribution < 1.29 is 0 Å². The molecular weight excluding hydrogens is 248 g/mol. The van der Waals surface area contributed by atoms with E-state index >= 15 is 0 Å². The number of rotatable bonds is 10. The summed E-state index contributed by atoms with van der Waals surface area (Å²) in [5.41, 5.74) is 1.05. The van der Waals surface area contributed by atoms with Gasteiger partial charge in [-0.1, -0.05) is 19.9 Å². The molecule has 4 nitrogen and oxygen atoms in total. The van der Waals surface area contributed by atoms with Crippen LogP contribution in [0.3, 0.4) is 0 Å². The third kappa shape index (κ3) is 5.37. The van der Waals surface area contributed by atoms with Crippen molar-refractivity contribution in [2.75, 3.05) is 25.0 Å². The van der Waals surface area contributed by atoms with Gasteiger partial charge in [-0.2, -0.15) is 0 Å². The number of nitrogens with one attached hydrogen (secondary N) is 1. The lowest BCUT2D eigenvalue weighted by molar-refractivity contribution is 0.295. The van der Waals surface area contributed by atoms with Gasteiger partial charge in [0.25, 0.3) is 0 Å². The minimum atomic E-state index is 0.441. The van der Waals surface area contributed by atoms with E-state index in [4.69, 9.17) is 0 Å². The van der Waals surface area contributed by atoms with E-state index in [9.17, 15) is 0 Å². The molecule has 20 heavy (non-hydrogen) atoms. The van der Waals surface area contributed by atoms with Gasteiger partial charge in [0.15, 0.2) is 0 Å². The second-order valence-corrected chi connectivity index (χ2v) is 5.36. The Morgan fingerprint density at radius 1 is 1.45 bits per heavy atom. The number of allylic oxidation sites excluding steroid dienone is 1. The first kappa shape index (κ1) is 16.8. The Kier molecular flexibility index (Phi) is 7.37. The standard InChI is InChI=1S/C16H30N4/c1-6-11-20-13-15(5)18-16(20)17-14(4)10-9-12-19(7-2)8-3/h6,13-14H,1,7-12H2,2-5H3,(H,17,18). The highest BCUT2D eigenvalue weighted by atomic mass is 15.2. The first-order valence-corrected chi connectivity index (χ1v) is 7.74. The first-order chi connectivity index (χ1) is 9.60. The summed E-state index contributed by atoms with van der Waals surface area (Å²) >= 11 is 0. The minimum absolute atomic E-state index is 0.441. The van der Waals surface area contributed by atoms with Gasteiger partial charge >= 0.3 is 0 Å². The van der Waals surface area contributed by atoms with E-state index in [1.807, 2.05) is 13.0 Å². The van der Waals surface area contributed by atoms with Gasteiger partial charge in [0.1, 0.15) is 0 Å². The largest absolute Gasteiger partial charge is 0.353 e. The maximum absolute atomic E-state index is 4.54. The van der Waals surface area contributed by atoms with Crippen molar-refractivity contribution >= 4 is 5.95 Å². The zero-order valence-electron chi connectivity index (χ0n) is 13.5. The summed E-state index contributed by atoms with van der Waals surface area (Å²) in [6.07, 6.45) is 6.34. The molecule has 0 aliphatic carbocycles. The van der Waals surface area contributed by atoms with Gasteiger partial charge in [-0.3, -0.25) is 0 Å². The van der Waals surface area contributed by atoms with Crippen molar-refractivity contribution in [3.63, 3.8) is 0 Å². The molecule has 0 spiro atoms. The topological polar surface area (TPSA) is 33.1 Å². The van der Waals surface area contributed by atoms with Crippen LogP contribution in [0.15, 0.2) is 18.9 Å². The van der Waals surface area contributed by atoms with Crippen molar-refractivity contribution in [3.8, 4) is 0 Å². The zero-order chi connectivity index (χ0) is 15.0. The fourth-order valence-corrected chi connectivity index (χ4v) is 2.39. The highest BCUT2D eigenvalue weighted by Gasteiger charge is 2.09. The lowest BCUT2D eigenvalue weighted by Gasteiger charge is -2.20. The zero-order valence-corrected chi connectivity index (χ0v) is 13.5. The van der Waals surface area contributed by atoms with Gasteiger partial charge < -0.3 is 14.8 Å². The van der Waals surface area contributed by atoms with Gasteiger partial charge in [0.2, 0.25) is 5.95 Å². The lowest BCUT2D eigenvalue weighted by atomic mass is 10.2. The van der Waals surface area contributed by atoms with Crippen molar-refractivity contribution in [1.29, 1.82) is 0 Å². The van der Waals surface area contributed by atoms with Crippen molar-refractivity contribution in [2.24, 2.45) is 0 Å². The number of nitrogens with zero attached hydrogens (tertiary/aromatic N) is 3. The third-order valence-electron chi connectivity index (χ3n) is 3.60. The molecule has 114 valence electrons. The smallest absolute Gasteiger partial charge is 0.203 e. The van der Waals surface area contributed by atoms with Crippen LogP contribution in [0, 0.1) is 6.92 Å². The number of hydrogen-bond acceptors (Lipinski definition) is 3. The van der Waals surface area contributed by atoms with Gasteiger partial charge in [0, 0.05) is 18.8 Å². The monoisotopic (exact) mass is 278 g/mol. The van der Waals surface area contributed by atoms with Crippen LogP contribution < -0.4 is 5.32 Å². The van der Waals surface area contributed by atoms with Gasteiger partial charge in [-0.25, -0.2) is 4.98 Å². The minimum Gasteiger partial charge on any atom is -0.353 e. The molecule has 1 aromatic heterocycles. The molecule has 0 aliphatic heterocycles. The summed E-state index contributed by atoms with van der Waals surface area (Å²) < 4.78 is 2.11. The van der Waals surface area contributed by atoms with Crippen LogP contribution in [0.5, 0.6) is 0 Å². The summed E-state index contributed by atoms with van der Waals surface area (Å²) in [6.45, 7) is 16.7. The molecule has 0 saturated carbocycles. The molecule has 0 fully saturated rings. The van der Waals surface area contributed by atoms with Crippen LogP contribution in [0.25, 0.3) is 0 Å². The third-order valence-corrected chi connectivity index (χ3v) is 3.60. The SMILES string of the molecule is C=CCn1cc(C)nc1NC(C)CCCN(CC)CC. The molecule has 1 N–H and O–H groups in total. The Bertz CT molecular complexity index is 393. The molecule has 0 radical (unpaired) electrons. The molecule has 0 aliphatic rings. The number of imidazole rings is 1. The Labute approximate surface area is 123 Å². The Balaban J connectivity index is 2.41. The van der Waals surface area contributed by atoms with Crippen LogP contribution in [0.2, 0.25) is 0 Å². The summed E-state index contributed by atoms with van der Waals surface area (Å²) in [6, 6.07) is 0.441. The van der Waals surface area contributed by atoms with E-state index in [0.29, 0.717) is 6.04 Å². The van der Waals surface area contributed by atoms with Gasteiger partial charge in [-0.15, -0.1) is 6.58 Å². The van der Waals surface area contributed by atoms with Crippen LogP contribution >= 0.6 is 0 Å². The van der Waals surface area contributed by atoms with Crippen LogP contribution in [0.4, 0.5) is 5.95 Å². The second kappa shape index (κ2) is 8.80. The van der Waals surface area contributed by atoms with E-state index in [2.05, 4.69) is 53.3 Å². The van der Waals surface area contributed by atoms with Gasteiger partial charge in [0.05, 0.1) is 5.69 Å². The average Bonchev–Trinajstić information content (AvgIpc) is 2.75. The van der Waals surface area contributed by atoms with E-state index in [0.717, 1.165) is 37.7 Å². The molecule has 4 heteroatoms. The van der Waals surface area contributed by atoms with Crippen molar-refractivity contribution in [2.45, 2.75) is 53.1 Å². The normalized spacial score (nSPS) is 12.7. The second-order valence-electron chi connectivity index (χ2n) is 5.36. The molecule has 1 aromatic rings. The van der Waals surface area contributed by atoms with E-state index in [1.54, 1.807) is 0 Å². The molecule has 1 atom stereocenters. The van der Waals surface area contributed by atoms with Crippen LogP contribution in [0.1, 0.15) is 39.3 Å². The number of anilines is 1. The maximum Gasteiger partial charge on any atom is 0.203 e. The predicted octanol–water partition coefficient (Wildman–Crippen LogP) is 3.30. The highest BCUT2D eigenvalue weighted by Crippen LogP contribution is 2.12. The van der Waals surface area contributed by atoms with Crippen LogP contribution in [-0.2, 0) is 6.54 Å². The predicted molar refractivity (Wildman–Crippen MR) is 87.3 cm³/mol. The fourth-order valence-electron chi connectivity index (χ4n) is 2.39. The Morgan fingerprint density at radius 3 is 2.75 bits per heavy atom. The van der Waals surface area contributed by atoms with E-state index < -0.39 is 0 Å². The Morgan fingerprint density at radius 2 is 2.15 bits per heavy atom. The van der Waals surface area contributed by atoms with E-state index in [-0.39, 0.29) is 0 Å². The summed E-state index contributed by atoms with van der Waals surface area (Å²) in [4.78, 5) is 7.01. The molecule has 0 amide bonds. The molecule has 0 saturated heterocycles. The summed E-state index contributed by atoms with van der Waals surface area (Å²) in [7, 11) is 0. The lowest BCUT2D eigenvalue weighted by Crippen LogP contribution is -2.26. The van der Waals surface area contributed by atoms with Crippen molar-refractivity contribution in [3.05, 3.63) is 24.5 Å².